The number of aromatic nitrogens is 4. The molecule has 2 heterocycles. The molecule has 0 bridgehead atoms. The van der Waals surface area contributed by atoms with Crippen LogP contribution < -0.4 is 5.32 Å². The average Bonchev–Trinajstić information content (AvgIpc) is 3.19. The van der Waals surface area contributed by atoms with Crippen molar-refractivity contribution in [1.82, 2.24) is 19.1 Å². The molecule has 0 saturated heterocycles. The van der Waals surface area contributed by atoms with E-state index in [1.54, 1.807) is 22.9 Å². The lowest BCUT2D eigenvalue weighted by Gasteiger charge is -2.07. The fourth-order valence-electron chi connectivity index (χ4n) is 2.37. The van der Waals surface area contributed by atoms with Gasteiger partial charge in [0.2, 0.25) is 10.7 Å². The lowest BCUT2D eigenvalue weighted by atomic mass is 10.3. The number of halogens is 2. The number of anilines is 1. The monoisotopic (exact) mass is 395 g/mol. The van der Waals surface area contributed by atoms with Crippen LogP contribution in [0, 0.1) is 4.77 Å². The molecule has 0 aliphatic heterocycles. The number of hydrogen-bond donors (Lipinski definition) is 1. The Morgan fingerprint density at radius 2 is 1.96 bits per heavy atom. The van der Waals surface area contributed by atoms with Crippen LogP contribution in [-0.2, 0) is 17.8 Å². The molecule has 1 aromatic carbocycles. The van der Waals surface area contributed by atoms with Crippen molar-refractivity contribution < 1.29 is 4.79 Å². The maximum absolute atomic E-state index is 12.3. The number of nitrogens with zero attached hydrogens (tertiary/aromatic N) is 4. The fourth-order valence-corrected chi connectivity index (χ4v) is 2.97. The van der Waals surface area contributed by atoms with Crippen LogP contribution in [0.15, 0.2) is 42.7 Å². The molecule has 0 saturated carbocycles. The number of nitrogens with one attached hydrogen (secondary N) is 1. The van der Waals surface area contributed by atoms with Crippen LogP contribution in [0.5, 0.6) is 0 Å². The summed E-state index contributed by atoms with van der Waals surface area (Å²) in [5, 5.41) is 8.01. The van der Waals surface area contributed by atoms with Gasteiger partial charge in [0.25, 0.3) is 0 Å². The summed E-state index contributed by atoms with van der Waals surface area (Å²) in [6.45, 7) is 1.98. The van der Waals surface area contributed by atoms with E-state index in [9.17, 15) is 4.79 Å². The van der Waals surface area contributed by atoms with Crippen LogP contribution in [0.25, 0.3) is 0 Å². The van der Waals surface area contributed by atoms with Gasteiger partial charge in [-0.05, 0) is 42.5 Å². The van der Waals surface area contributed by atoms with Crippen LogP contribution in [0.4, 0.5) is 5.69 Å². The number of carbonyl (C=O) groups excluding carboxylic acids is 1. The van der Waals surface area contributed by atoms with E-state index < -0.39 is 0 Å². The average molecular weight is 396 g/mol. The number of hydrogen-bond acceptors (Lipinski definition) is 3. The number of rotatable bonds is 5. The molecule has 0 radical (unpaired) electrons. The van der Waals surface area contributed by atoms with E-state index >= 15 is 0 Å². The number of carbonyl (C=O) groups is 1. The smallest absolute Gasteiger partial charge is 0.246 e. The Balaban J connectivity index is 1.82. The van der Waals surface area contributed by atoms with Gasteiger partial charge in [0.1, 0.15) is 6.54 Å². The van der Waals surface area contributed by atoms with Gasteiger partial charge in [0.05, 0.1) is 10.0 Å². The minimum atomic E-state index is -0.255. The van der Waals surface area contributed by atoms with Crippen LogP contribution >= 0.6 is 35.4 Å². The maximum atomic E-state index is 12.3. The molecule has 9 heteroatoms. The summed E-state index contributed by atoms with van der Waals surface area (Å²) in [5.74, 6) is 0.512. The van der Waals surface area contributed by atoms with E-state index in [1.807, 2.05) is 36.1 Å². The Bertz CT molecular complexity index is 962. The van der Waals surface area contributed by atoms with E-state index in [-0.39, 0.29) is 12.5 Å². The first kappa shape index (κ1) is 17.7. The topological polar surface area (TPSA) is 56.8 Å². The summed E-state index contributed by atoms with van der Waals surface area (Å²) < 4.78 is 5.57. The Kier molecular flexibility index (Phi) is 5.27. The lowest BCUT2D eigenvalue weighted by molar-refractivity contribution is -0.116. The van der Waals surface area contributed by atoms with Crippen molar-refractivity contribution in [1.29, 1.82) is 0 Å². The van der Waals surface area contributed by atoms with Crippen LogP contribution in [0.1, 0.15) is 12.7 Å². The normalized spacial score (nSPS) is 10.8. The van der Waals surface area contributed by atoms with Crippen molar-refractivity contribution in [3.05, 3.63) is 63.4 Å². The van der Waals surface area contributed by atoms with Crippen molar-refractivity contribution >= 4 is 47.0 Å². The van der Waals surface area contributed by atoms with Gasteiger partial charge in [-0.2, -0.15) is 5.10 Å². The summed E-state index contributed by atoms with van der Waals surface area (Å²) in [7, 11) is 0. The zero-order chi connectivity index (χ0) is 18.0. The summed E-state index contributed by atoms with van der Waals surface area (Å²) in [4.78, 5) is 12.3. The molecule has 3 rings (SSSR count). The molecule has 0 aliphatic rings. The minimum absolute atomic E-state index is 0.000345. The predicted octanol–water partition coefficient (Wildman–Crippen LogP) is 4.03. The van der Waals surface area contributed by atoms with E-state index in [1.165, 1.54) is 4.68 Å². The molecule has 0 fully saturated rings. The highest BCUT2D eigenvalue weighted by Gasteiger charge is 2.13. The second-order valence-electron chi connectivity index (χ2n) is 5.26. The molecule has 0 unspecified atom stereocenters. The highest BCUT2D eigenvalue weighted by Crippen LogP contribution is 2.25. The van der Waals surface area contributed by atoms with Crippen molar-refractivity contribution in [3.63, 3.8) is 0 Å². The van der Waals surface area contributed by atoms with Gasteiger partial charge < -0.3 is 5.32 Å². The first-order valence-electron chi connectivity index (χ1n) is 7.57. The molecule has 0 spiro atoms. The molecule has 3 aromatic rings. The lowest BCUT2D eigenvalue weighted by Crippen LogP contribution is -2.20. The van der Waals surface area contributed by atoms with Crippen molar-refractivity contribution in [2.75, 3.05) is 5.32 Å². The molecule has 0 aliphatic carbocycles. The zero-order valence-corrected chi connectivity index (χ0v) is 15.6. The third kappa shape index (κ3) is 3.78. The van der Waals surface area contributed by atoms with E-state index in [0.717, 1.165) is 5.82 Å². The highest BCUT2D eigenvalue weighted by molar-refractivity contribution is 7.71. The summed E-state index contributed by atoms with van der Waals surface area (Å²) in [6.07, 6.45) is 4.43. The standard InChI is InChI=1S/C16H15Cl2N5OS/c1-2-14-20-22(16(25)23(14)21-7-3-4-8-21)10-15(24)19-11-5-6-12(17)13(18)9-11/h3-9H,2,10H2,1H3,(H,19,24). The Morgan fingerprint density at radius 3 is 2.60 bits per heavy atom. The summed E-state index contributed by atoms with van der Waals surface area (Å²) in [5.41, 5.74) is 0.562. The molecule has 2 aromatic heterocycles. The van der Waals surface area contributed by atoms with Gasteiger partial charge in [-0.25, -0.2) is 9.36 Å². The molecule has 1 N–H and O–H groups in total. The Hall–Kier alpha value is -2.09. The third-order valence-corrected chi connectivity index (χ3v) is 4.64. The van der Waals surface area contributed by atoms with Gasteiger partial charge in [0, 0.05) is 24.5 Å². The van der Waals surface area contributed by atoms with Crippen LogP contribution in [0.2, 0.25) is 10.0 Å². The van der Waals surface area contributed by atoms with Gasteiger partial charge in [-0.3, -0.25) is 9.47 Å². The fraction of sp³-hybridized carbons (Fsp3) is 0.188. The summed E-state index contributed by atoms with van der Waals surface area (Å²) >= 11 is 17.3. The molecule has 0 atom stereocenters. The van der Waals surface area contributed by atoms with Crippen molar-refractivity contribution in [3.8, 4) is 0 Å². The first-order valence-corrected chi connectivity index (χ1v) is 8.73. The molecular weight excluding hydrogens is 381 g/mol. The molecule has 6 nitrogen and oxygen atoms in total. The van der Waals surface area contributed by atoms with Gasteiger partial charge in [0.15, 0.2) is 5.82 Å². The van der Waals surface area contributed by atoms with Crippen molar-refractivity contribution in [2.24, 2.45) is 0 Å². The first-order chi connectivity index (χ1) is 12.0. The number of benzene rings is 1. The summed E-state index contributed by atoms with van der Waals surface area (Å²) in [6, 6.07) is 8.70. The largest absolute Gasteiger partial charge is 0.324 e. The SMILES string of the molecule is CCc1nn(CC(=O)Nc2ccc(Cl)c(Cl)c2)c(=S)n1-n1cccc1. The number of aryl methyl sites for hydroxylation is 1. The predicted molar refractivity (Wildman–Crippen MR) is 101 cm³/mol. The minimum Gasteiger partial charge on any atom is -0.324 e. The molecule has 1 amide bonds. The Labute approximate surface area is 159 Å². The van der Waals surface area contributed by atoms with Crippen molar-refractivity contribution in [2.45, 2.75) is 19.9 Å². The number of amides is 1. The van der Waals surface area contributed by atoms with Crippen LogP contribution in [-0.4, -0.2) is 25.0 Å². The van der Waals surface area contributed by atoms with Crippen LogP contribution in [0.3, 0.4) is 0 Å². The maximum Gasteiger partial charge on any atom is 0.246 e. The van der Waals surface area contributed by atoms with Gasteiger partial charge >= 0.3 is 0 Å². The molecular formula is C16H15Cl2N5OS. The molecule has 130 valence electrons. The van der Waals surface area contributed by atoms with E-state index in [4.69, 9.17) is 35.4 Å². The second kappa shape index (κ2) is 7.43. The van der Waals surface area contributed by atoms with E-state index in [0.29, 0.717) is 26.9 Å². The van der Waals surface area contributed by atoms with Gasteiger partial charge in [-0.15, -0.1) is 0 Å². The highest BCUT2D eigenvalue weighted by atomic mass is 35.5. The molecule has 25 heavy (non-hydrogen) atoms. The second-order valence-corrected chi connectivity index (χ2v) is 6.44. The quantitative estimate of drug-likeness (QED) is 0.663. The zero-order valence-electron chi connectivity index (χ0n) is 13.3. The third-order valence-electron chi connectivity index (χ3n) is 3.52. The van der Waals surface area contributed by atoms with E-state index in [2.05, 4.69) is 10.4 Å². The van der Waals surface area contributed by atoms with Gasteiger partial charge in [-0.1, -0.05) is 30.1 Å². The Morgan fingerprint density at radius 1 is 1.24 bits per heavy atom.